The molecule has 5 nitrogen and oxygen atoms in total. The molecule has 1 amide bonds. The summed E-state index contributed by atoms with van der Waals surface area (Å²) in [6.45, 7) is 2.92. The third-order valence-electron chi connectivity index (χ3n) is 5.20. The first-order valence-electron chi connectivity index (χ1n) is 9.45. The molecular weight excluding hydrogens is 340 g/mol. The minimum Gasteiger partial charge on any atom is -0.454 e. The predicted molar refractivity (Wildman–Crippen MR) is 104 cm³/mol. The molecule has 2 aromatic rings. The number of carbonyl (C=O) groups is 1. The maximum absolute atomic E-state index is 13.5. The van der Waals surface area contributed by atoms with Gasteiger partial charge >= 0.3 is 0 Å². The lowest BCUT2D eigenvalue weighted by molar-refractivity contribution is -0.137. The minimum absolute atomic E-state index is 0.156. The van der Waals surface area contributed by atoms with Crippen LogP contribution in [0.2, 0.25) is 0 Å². The molecule has 27 heavy (non-hydrogen) atoms. The van der Waals surface area contributed by atoms with Crippen molar-refractivity contribution in [3.63, 3.8) is 0 Å². The van der Waals surface area contributed by atoms with E-state index in [2.05, 4.69) is 31.2 Å². The predicted octanol–water partition coefficient (Wildman–Crippen LogP) is 3.52. The molecule has 4 rings (SSSR count). The van der Waals surface area contributed by atoms with Crippen molar-refractivity contribution < 1.29 is 14.3 Å². The van der Waals surface area contributed by atoms with E-state index in [4.69, 9.17) is 9.47 Å². The maximum atomic E-state index is 13.5. The van der Waals surface area contributed by atoms with Crippen molar-refractivity contribution in [2.45, 2.75) is 38.4 Å². The fraction of sp³-hybridized carbons (Fsp3) is 0.409. The molecule has 1 heterocycles. The fourth-order valence-electron chi connectivity index (χ4n) is 3.58. The summed E-state index contributed by atoms with van der Waals surface area (Å²) in [6, 6.07) is 14.2. The Hall–Kier alpha value is -2.53. The lowest BCUT2D eigenvalue weighted by Gasteiger charge is -2.31. The number of hydrogen-bond acceptors (Lipinski definition) is 4. The van der Waals surface area contributed by atoms with Gasteiger partial charge < -0.3 is 14.4 Å². The number of ether oxygens (including phenoxy) is 2. The maximum Gasteiger partial charge on any atom is 0.245 e. The topological polar surface area (TPSA) is 42.0 Å². The van der Waals surface area contributed by atoms with Crippen molar-refractivity contribution >= 4 is 5.91 Å². The molecule has 5 heteroatoms. The summed E-state index contributed by atoms with van der Waals surface area (Å²) in [7, 11) is 3.93. The Morgan fingerprint density at radius 3 is 2.44 bits per heavy atom. The molecule has 1 atom stereocenters. The molecule has 0 N–H and O–H groups in total. The number of aryl methyl sites for hydroxylation is 1. The zero-order chi connectivity index (χ0) is 19.0. The van der Waals surface area contributed by atoms with Gasteiger partial charge in [-0.1, -0.05) is 35.9 Å². The summed E-state index contributed by atoms with van der Waals surface area (Å²) >= 11 is 0. The summed E-state index contributed by atoms with van der Waals surface area (Å²) in [5, 5.41) is 0. The van der Waals surface area contributed by atoms with Crippen LogP contribution in [0.5, 0.6) is 11.5 Å². The molecule has 142 valence electrons. The van der Waals surface area contributed by atoms with Crippen LogP contribution < -0.4 is 9.47 Å². The van der Waals surface area contributed by atoms with Gasteiger partial charge in [0.15, 0.2) is 11.5 Å². The van der Waals surface area contributed by atoms with Gasteiger partial charge in [0.2, 0.25) is 12.7 Å². The highest BCUT2D eigenvalue weighted by molar-refractivity contribution is 5.84. The summed E-state index contributed by atoms with van der Waals surface area (Å²) in [4.78, 5) is 17.5. The van der Waals surface area contributed by atoms with Crippen LogP contribution in [0.4, 0.5) is 0 Å². The Labute approximate surface area is 160 Å². The number of nitrogens with zero attached hydrogens (tertiary/aromatic N) is 2. The average molecular weight is 366 g/mol. The van der Waals surface area contributed by atoms with Crippen LogP contribution in [-0.2, 0) is 11.3 Å². The molecule has 0 bridgehead atoms. The van der Waals surface area contributed by atoms with Crippen LogP contribution in [0.25, 0.3) is 0 Å². The average Bonchev–Trinajstić information content (AvgIpc) is 3.38. The van der Waals surface area contributed by atoms with Crippen molar-refractivity contribution in [2.24, 2.45) is 0 Å². The molecular formula is C22H26N2O3. The van der Waals surface area contributed by atoms with Crippen molar-refractivity contribution in [3.8, 4) is 11.5 Å². The lowest BCUT2D eigenvalue weighted by Crippen LogP contribution is -2.41. The standard InChI is InChI=1S/C22H26N2O3/c1-15-4-7-17(8-5-15)21(23(2)3)22(25)24(18-9-10-18)13-16-6-11-19-20(12-16)27-14-26-19/h4-8,11-12,18,21H,9-10,13-14H2,1-3H3. The number of likely N-dealkylation sites (N-methyl/N-ethyl adjacent to an activating group) is 1. The quantitative estimate of drug-likeness (QED) is 0.785. The molecule has 0 aromatic heterocycles. The molecule has 0 radical (unpaired) electrons. The monoisotopic (exact) mass is 366 g/mol. The highest BCUT2D eigenvalue weighted by Crippen LogP contribution is 2.36. The van der Waals surface area contributed by atoms with Crippen molar-refractivity contribution in [3.05, 3.63) is 59.2 Å². The zero-order valence-corrected chi connectivity index (χ0v) is 16.1. The second kappa shape index (κ2) is 7.24. The van der Waals surface area contributed by atoms with Crippen LogP contribution in [0.1, 0.15) is 35.6 Å². The number of fused-ring (bicyclic) bond motifs is 1. The fourth-order valence-corrected chi connectivity index (χ4v) is 3.58. The molecule has 2 aliphatic rings. The van der Waals surface area contributed by atoms with E-state index in [0.29, 0.717) is 12.6 Å². The summed E-state index contributed by atoms with van der Waals surface area (Å²) in [6.07, 6.45) is 2.15. The van der Waals surface area contributed by atoms with Crippen molar-refractivity contribution in [1.82, 2.24) is 9.80 Å². The Balaban J connectivity index is 1.58. The number of amides is 1. The van der Waals surface area contributed by atoms with Gasteiger partial charge in [0.1, 0.15) is 6.04 Å². The Morgan fingerprint density at radius 2 is 1.78 bits per heavy atom. The van der Waals surface area contributed by atoms with Crippen molar-refractivity contribution in [1.29, 1.82) is 0 Å². The molecule has 2 aromatic carbocycles. The van der Waals surface area contributed by atoms with E-state index in [1.54, 1.807) is 0 Å². The normalized spacial score (nSPS) is 16.4. The molecule has 1 fully saturated rings. The van der Waals surface area contributed by atoms with E-state index in [0.717, 1.165) is 35.5 Å². The van der Waals surface area contributed by atoms with Gasteiger partial charge in [-0.05, 0) is 57.1 Å². The first-order valence-corrected chi connectivity index (χ1v) is 9.45. The van der Waals surface area contributed by atoms with Crippen LogP contribution >= 0.6 is 0 Å². The molecule has 1 saturated carbocycles. The number of carbonyl (C=O) groups excluding carboxylic acids is 1. The Bertz CT molecular complexity index is 828. The van der Waals surface area contributed by atoms with E-state index < -0.39 is 0 Å². The molecule has 1 aliphatic carbocycles. The van der Waals surface area contributed by atoms with Crippen molar-refractivity contribution in [2.75, 3.05) is 20.9 Å². The van der Waals surface area contributed by atoms with Gasteiger partial charge in [-0.3, -0.25) is 9.69 Å². The van der Waals surface area contributed by atoms with E-state index >= 15 is 0 Å². The highest BCUT2D eigenvalue weighted by atomic mass is 16.7. The van der Waals surface area contributed by atoms with Gasteiger partial charge in [0.05, 0.1) is 0 Å². The SMILES string of the molecule is Cc1ccc(C(C(=O)N(Cc2ccc3c(c2)OCO3)C2CC2)N(C)C)cc1. The number of rotatable bonds is 6. The zero-order valence-electron chi connectivity index (χ0n) is 16.1. The third kappa shape index (κ3) is 3.78. The third-order valence-corrected chi connectivity index (χ3v) is 5.20. The first kappa shape index (κ1) is 17.9. The van der Waals surface area contributed by atoms with Crippen LogP contribution in [0.15, 0.2) is 42.5 Å². The summed E-state index contributed by atoms with van der Waals surface area (Å²) < 4.78 is 10.9. The lowest BCUT2D eigenvalue weighted by atomic mass is 10.0. The molecule has 0 spiro atoms. The molecule has 0 saturated heterocycles. The number of benzene rings is 2. The second-order valence-electron chi connectivity index (χ2n) is 7.66. The van der Waals surface area contributed by atoms with Gasteiger partial charge in [-0.25, -0.2) is 0 Å². The first-order chi connectivity index (χ1) is 13.0. The minimum atomic E-state index is -0.278. The second-order valence-corrected chi connectivity index (χ2v) is 7.66. The van der Waals surface area contributed by atoms with E-state index in [1.807, 2.05) is 42.1 Å². The molecule has 1 unspecified atom stereocenters. The highest BCUT2D eigenvalue weighted by Gasteiger charge is 2.37. The van der Waals surface area contributed by atoms with E-state index in [9.17, 15) is 4.79 Å². The largest absolute Gasteiger partial charge is 0.454 e. The van der Waals surface area contributed by atoms with Crippen LogP contribution in [0.3, 0.4) is 0 Å². The van der Waals surface area contributed by atoms with Gasteiger partial charge in [-0.2, -0.15) is 0 Å². The van der Waals surface area contributed by atoms with Gasteiger partial charge in [0, 0.05) is 12.6 Å². The Kier molecular flexibility index (Phi) is 4.79. The van der Waals surface area contributed by atoms with Gasteiger partial charge in [-0.15, -0.1) is 0 Å². The van der Waals surface area contributed by atoms with Crippen LogP contribution in [-0.4, -0.2) is 42.6 Å². The Morgan fingerprint density at radius 1 is 1.07 bits per heavy atom. The van der Waals surface area contributed by atoms with E-state index in [1.165, 1.54) is 5.56 Å². The summed E-state index contributed by atoms with van der Waals surface area (Å²) in [5.74, 6) is 1.69. The van der Waals surface area contributed by atoms with Gasteiger partial charge in [0.25, 0.3) is 0 Å². The smallest absolute Gasteiger partial charge is 0.245 e. The van der Waals surface area contributed by atoms with Crippen LogP contribution in [0, 0.1) is 6.92 Å². The summed E-state index contributed by atoms with van der Waals surface area (Å²) in [5.41, 5.74) is 3.30. The number of hydrogen-bond donors (Lipinski definition) is 0. The molecule has 1 aliphatic heterocycles. The van der Waals surface area contributed by atoms with E-state index in [-0.39, 0.29) is 18.7 Å².